The van der Waals surface area contributed by atoms with Gasteiger partial charge in [-0.1, -0.05) is 23.7 Å². The molecular formula is C13H11ClN2O4. The Hall–Kier alpha value is -2.34. The van der Waals surface area contributed by atoms with Gasteiger partial charge in [0.1, 0.15) is 10.7 Å². The molecule has 0 radical (unpaired) electrons. The van der Waals surface area contributed by atoms with Crippen molar-refractivity contribution in [3.8, 4) is 5.69 Å². The smallest absolute Gasteiger partial charge is 0.340 e. The third-order valence-corrected chi connectivity index (χ3v) is 3.06. The van der Waals surface area contributed by atoms with Crippen LogP contribution in [0.15, 0.2) is 30.5 Å². The molecule has 20 heavy (non-hydrogen) atoms. The summed E-state index contributed by atoms with van der Waals surface area (Å²) in [5.74, 6) is -1.47. The SMILES string of the molecule is COC(=O)Cc1ccc(-n2ncc(C(=O)O)c2Cl)cc1. The summed E-state index contributed by atoms with van der Waals surface area (Å²) in [6.07, 6.45) is 1.36. The van der Waals surface area contributed by atoms with Crippen molar-refractivity contribution >= 4 is 23.5 Å². The zero-order valence-electron chi connectivity index (χ0n) is 10.5. The zero-order chi connectivity index (χ0) is 14.7. The molecule has 2 rings (SSSR count). The second-order valence-corrected chi connectivity index (χ2v) is 4.34. The number of carboxylic acid groups (broad SMARTS) is 1. The van der Waals surface area contributed by atoms with Crippen molar-refractivity contribution in [2.24, 2.45) is 0 Å². The van der Waals surface area contributed by atoms with Crippen LogP contribution in [0.5, 0.6) is 0 Å². The fourth-order valence-corrected chi connectivity index (χ4v) is 1.92. The third-order valence-electron chi connectivity index (χ3n) is 2.70. The van der Waals surface area contributed by atoms with Crippen LogP contribution in [-0.2, 0) is 16.0 Å². The van der Waals surface area contributed by atoms with Crippen LogP contribution < -0.4 is 0 Å². The number of carbonyl (C=O) groups is 2. The van der Waals surface area contributed by atoms with E-state index in [1.807, 2.05) is 0 Å². The number of halogens is 1. The Kier molecular flexibility index (Phi) is 4.05. The Morgan fingerprint density at radius 1 is 1.35 bits per heavy atom. The van der Waals surface area contributed by atoms with Crippen molar-refractivity contribution in [1.82, 2.24) is 9.78 Å². The maximum Gasteiger partial charge on any atom is 0.340 e. The number of aromatic nitrogens is 2. The van der Waals surface area contributed by atoms with Crippen molar-refractivity contribution in [1.29, 1.82) is 0 Å². The summed E-state index contributed by atoms with van der Waals surface area (Å²) in [7, 11) is 1.33. The molecule has 1 heterocycles. The van der Waals surface area contributed by atoms with Gasteiger partial charge in [0.25, 0.3) is 0 Å². The number of hydrogen-bond acceptors (Lipinski definition) is 4. The number of nitrogens with zero attached hydrogens (tertiary/aromatic N) is 2. The molecule has 104 valence electrons. The fourth-order valence-electron chi connectivity index (χ4n) is 1.65. The van der Waals surface area contributed by atoms with Gasteiger partial charge in [-0.3, -0.25) is 4.79 Å². The van der Waals surface area contributed by atoms with Gasteiger partial charge in [-0.15, -0.1) is 0 Å². The quantitative estimate of drug-likeness (QED) is 0.872. The van der Waals surface area contributed by atoms with Crippen molar-refractivity contribution in [2.75, 3.05) is 7.11 Å². The molecule has 0 bridgehead atoms. The lowest BCUT2D eigenvalue weighted by Gasteiger charge is -2.05. The van der Waals surface area contributed by atoms with E-state index in [2.05, 4.69) is 9.84 Å². The molecule has 0 saturated heterocycles. The fraction of sp³-hybridized carbons (Fsp3) is 0.154. The van der Waals surface area contributed by atoms with Gasteiger partial charge < -0.3 is 9.84 Å². The van der Waals surface area contributed by atoms with Crippen molar-refractivity contribution in [3.05, 3.63) is 46.7 Å². The molecule has 0 amide bonds. The summed E-state index contributed by atoms with van der Waals surface area (Å²) >= 11 is 5.95. The first-order valence-corrected chi connectivity index (χ1v) is 6.03. The topological polar surface area (TPSA) is 81.4 Å². The number of carbonyl (C=O) groups excluding carboxylic acids is 1. The standard InChI is InChI=1S/C13H11ClN2O4/c1-20-11(17)6-8-2-4-9(5-3-8)16-12(14)10(7-15-16)13(18)19/h2-5,7H,6H2,1H3,(H,18,19). The molecule has 1 N–H and O–H groups in total. The van der Waals surface area contributed by atoms with Crippen molar-refractivity contribution < 1.29 is 19.4 Å². The van der Waals surface area contributed by atoms with Gasteiger partial charge in [-0.2, -0.15) is 5.10 Å². The summed E-state index contributed by atoms with van der Waals surface area (Å²) < 4.78 is 5.89. The van der Waals surface area contributed by atoms with Crippen LogP contribution in [0.3, 0.4) is 0 Å². The minimum atomic E-state index is -1.14. The molecule has 2 aromatic rings. The second kappa shape index (κ2) is 5.75. The van der Waals surface area contributed by atoms with E-state index in [0.29, 0.717) is 5.69 Å². The van der Waals surface area contributed by atoms with Gasteiger partial charge in [-0.05, 0) is 17.7 Å². The van der Waals surface area contributed by atoms with Gasteiger partial charge >= 0.3 is 11.9 Å². The van der Waals surface area contributed by atoms with E-state index >= 15 is 0 Å². The molecule has 0 aliphatic heterocycles. The van der Waals surface area contributed by atoms with Crippen LogP contribution in [-0.4, -0.2) is 33.9 Å². The largest absolute Gasteiger partial charge is 0.478 e. The molecule has 0 spiro atoms. The summed E-state index contributed by atoms with van der Waals surface area (Å²) in [4.78, 5) is 22.0. The lowest BCUT2D eigenvalue weighted by atomic mass is 10.1. The molecule has 0 atom stereocenters. The van der Waals surface area contributed by atoms with E-state index in [1.165, 1.54) is 18.0 Å². The molecule has 7 heteroatoms. The maximum absolute atomic E-state index is 11.1. The molecule has 0 saturated carbocycles. The highest BCUT2D eigenvalue weighted by molar-refractivity contribution is 6.32. The van der Waals surface area contributed by atoms with E-state index in [1.54, 1.807) is 24.3 Å². The molecule has 1 aromatic heterocycles. The Morgan fingerprint density at radius 3 is 2.50 bits per heavy atom. The highest BCUT2D eigenvalue weighted by Crippen LogP contribution is 2.20. The van der Waals surface area contributed by atoms with Crippen LogP contribution in [0.25, 0.3) is 5.69 Å². The third kappa shape index (κ3) is 2.80. The van der Waals surface area contributed by atoms with E-state index in [0.717, 1.165) is 5.56 Å². The number of carboxylic acids is 1. The number of aromatic carboxylic acids is 1. The number of methoxy groups -OCH3 is 1. The van der Waals surface area contributed by atoms with Gasteiger partial charge in [0.15, 0.2) is 0 Å². The Labute approximate surface area is 119 Å². The first kappa shape index (κ1) is 14.1. The van der Waals surface area contributed by atoms with Crippen LogP contribution in [0.4, 0.5) is 0 Å². The zero-order valence-corrected chi connectivity index (χ0v) is 11.3. The summed E-state index contributed by atoms with van der Waals surface area (Å²) in [5.41, 5.74) is 1.32. The first-order chi connectivity index (χ1) is 9.52. The Balaban J connectivity index is 2.26. The number of benzene rings is 1. The number of esters is 1. The molecule has 0 fully saturated rings. The lowest BCUT2D eigenvalue weighted by Crippen LogP contribution is -2.05. The Bertz CT molecular complexity index is 649. The van der Waals surface area contributed by atoms with Gasteiger partial charge in [0.05, 0.1) is 25.4 Å². The highest BCUT2D eigenvalue weighted by Gasteiger charge is 2.15. The van der Waals surface area contributed by atoms with E-state index in [9.17, 15) is 9.59 Å². The van der Waals surface area contributed by atoms with Crippen LogP contribution >= 0.6 is 11.6 Å². The van der Waals surface area contributed by atoms with E-state index in [4.69, 9.17) is 16.7 Å². The molecule has 6 nitrogen and oxygen atoms in total. The Morgan fingerprint density at radius 2 is 2.00 bits per heavy atom. The van der Waals surface area contributed by atoms with Crippen LogP contribution in [0.1, 0.15) is 15.9 Å². The van der Waals surface area contributed by atoms with E-state index < -0.39 is 5.97 Å². The summed E-state index contributed by atoms with van der Waals surface area (Å²) in [6, 6.07) is 6.85. The minimum Gasteiger partial charge on any atom is -0.478 e. The lowest BCUT2D eigenvalue weighted by molar-refractivity contribution is -0.139. The molecule has 0 aliphatic carbocycles. The van der Waals surface area contributed by atoms with E-state index in [-0.39, 0.29) is 23.1 Å². The molecule has 0 aliphatic rings. The highest BCUT2D eigenvalue weighted by atomic mass is 35.5. The predicted octanol–water partition coefficient (Wildman–Crippen LogP) is 1.94. The van der Waals surface area contributed by atoms with Gasteiger partial charge in [0, 0.05) is 0 Å². The maximum atomic E-state index is 11.1. The minimum absolute atomic E-state index is 0.0261. The normalized spacial score (nSPS) is 10.3. The van der Waals surface area contributed by atoms with Crippen molar-refractivity contribution in [2.45, 2.75) is 6.42 Å². The first-order valence-electron chi connectivity index (χ1n) is 5.66. The summed E-state index contributed by atoms with van der Waals surface area (Å²) in [6.45, 7) is 0. The average molecular weight is 295 g/mol. The monoisotopic (exact) mass is 294 g/mol. The number of hydrogen-bond donors (Lipinski definition) is 1. The number of rotatable bonds is 4. The molecular weight excluding hydrogens is 284 g/mol. The van der Waals surface area contributed by atoms with Gasteiger partial charge in [-0.25, -0.2) is 9.48 Å². The molecule has 0 unspecified atom stereocenters. The van der Waals surface area contributed by atoms with Crippen molar-refractivity contribution in [3.63, 3.8) is 0 Å². The van der Waals surface area contributed by atoms with Crippen LogP contribution in [0, 0.1) is 0 Å². The molecule has 1 aromatic carbocycles. The van der Waals surface area contributed by atoms with Gasteiger partial charge in [0.2, 0.25) is 0 Å². The summed E-state index contributed by atoms with van der Waals surface area (Å²) in [5, 5.41) is 12.9. The number of ether oxygens (including phenoxy) is 1. The predicted molar refractivity (Wildman–Crippen MR) is 71.3 cm³/mol. The van der Waals surface area contributed by atoms with Crippen LogP contribution in [0.2, 0.25) is 5.15 Å². The second-order valence-electron chi connectivity index (χ2n) is 3.99. The average Bonchev–Trinajstić information content (AvgIpc) is 2.81.